The second kappa shape index (κ2) is 9.56. The zero-order chi connectivity index (χ0) is 16.5. The number of rotatable bonds is 7. The number of nitrogens with zero attached hydrogens (tertiary/aromatic N) is 2. The molecule has 3 N–H and O–H groups in total. The first-order valence-electron chi connectivity index (χ1n) is 9.02. The van der Waals surface area contributed by atoms with Crippen LogP contribution in [0, 0.1) is 5.92 Å². The Morgan fingerprint density at radius 3 is 2.87 bits per heavy atom. The third kappa shape index (κ3) is 6.22. The van der Waals surface area contributed by atoms with E-state index in [0.717, 1.165) is 31.8 Å². The predicted octanol–water partition coefficient (Wildman–Crippen LogP) is 3.12. The van der Waals surface area contributed by atoms with Crippen LogP contribution in [0.15, 0.2) is 29.3 Å². The summed E-state index contributed by atoms with van der Waals surface area (Å²) in [6.45, 7) is 9.53. The molecule has 1 unspecified atom stereocenters. The molecule has 0 saturated carbocycles. The van der Waals surface area contributed by atoms with Crippen LogP contribution >= 0.6 is 0 Å². The lowest BCUT2D eigenvalue weighted by molar-refractivity contribution is 0.176. The van der Waals surface area contributed by atoms with Crippen molar-refractivity contribution in [2.24, 2.45) is 16.6 Å². The minimum atomic E-state index is 0.555. The molecule has 0 bridgehead atoms. The Bertz CT molecular complexity index is 498. The number of aliphatic imine (C=N–C) groups is 1. The van der Waals surface area contributed by atoms with Gasteiger partial charge in [-0.25, -0.2) is 4.99 Å². The van der Waals surface area contributed by atoms with E-state index >= 15 is 0 Å². The van der Waals surface area contributed by atoms with Gasteiger partial charge in [-0.05, 0) is 42.9 Å². The minimum absolute atomic E-state index is 0.555. The van der Waals surface area contributed by atoms with Gasteiger partial charge in [-0.3, -0.25) is 4.90 Å². The van der Waals surface area contributed by atoms with Crippen LogP contribution in [0.4, 0.5) is 0 Å². The van der Waals surface area contributed by atoms with Gasteiger partial charge in [0.15, 0.2) is 5.96 Å². The second-order valence-electron chi connectivity index (χ2n) is 6.73. The molecular weight excluding hydrogens is 284 g/mol. The van der Waals surface area contributed by atoms with E-state index in [1.807, 2.05) is 0 Å². The van der Waals surface area contributed by atoms with Gasteiger partial charge >= 0.3 is 0 Å². The number of guanidine groups is 1. The number of likely N-dealkylation sites (tertiary alicyclic amines) is 1. The molecule has 0 amide bonds. The van der Waals surface area contributed by atoms with E-state index in [9.17, 15) is 0 Å². The van der Waals surface area contributed by atoms with Crippen LogP contribution in [0.2, 0.25) is 0 Å². The number of nitrogens with two attached hydrogens (primary N) is 1. The summed E-state index contributed by atoms with van der Waals surface area (Å²) in [5.41, 5.74) is 8.61. The van der Waals surface area contributed by atoms with E-state index in [4.69, 9.17) is 5.73 Å². The van der Waals surface area contributed by atoms with Crippen LogP contribution < -0.4 is 11.1 Å². The summed E-state index contributed by atoms with van der Waals surface area (Å²) in [5.74, 6) is 1.37. The molecule has 0 aliphatic carbocycles. The van der Waals surface area contributed by atoms with Gasteiger partial charge in [0.2, 0.25) is 0 Å². The molecule has 1 atom stereocenters. The van der Waals surface area contributed by atoms with Crippen molar-refractivity contribution < 1.29 is 0 Å². The molecule has 1 heterocycles. The highest BCUT2D eigenvalue weighted by Crippen LogP contribution is 2.19. The van der Waals surface area contributed by atoms with Gasteiger partial charge < -0.3 is 11.1 Å². The first-order valence-corrected chi connectivity index (χ1v) is 9.02. The Labute approximate surface area is 141 Å². The first kappa shape index (κ1) is 17.8. The van der Waals surface area contributed by atoms with Crippen LogP contribution in [-0.2, 0) is 13.1 Å². The van der Waals surface area contributed by atoms with Gasteiger partial charge in [0, 0.05) is 19.6 Å². The molecule has 1 aliphatic heterocycles. The SMILES string of the molecule is CCCCNC(N)=NCc1ccccc1CN1CCCC(C)C1. The van der Waals surface area contributed by atoms with Gasteiger partial charge in [0.05, 0.1) is 6.54 Å². The van der Waals surface area contributed by atoms with E-state index in [0.29, 0.717) is 12.5 Å². The molecule has 0 aromatic heterocycles. The number of nitrogens with one attached hydrogen (secondary N) is 1. The molecule has 0 radical (unpaired) electrons. The Hall–Kier alpha value is -1.55. The number of unbranched alkanes of at least 4 members (excludes halogenated alkanes) is 1. The minimum Gasteiger partial charge on any atom is -0.370 e. The molecule has 1 saturated heterocycles. The van der Waals surface area contributed by atoms with Gasteiger partial charge in [-0.15, -0.1) is 0 Å². The highest BCUT2D eigenvalue weighted by atomic mass is 15.1. The second-order valence-corrected chi connectivity index (χ2v) is 6.73. The molecular formula is C19H32N4. The highest BCUT2D eigenvalue weighted by Gasteiger charge is 2.17. The van der Waals surface area contributed by atoms with Crippen molar-refractivity contribution in [1.29, 1.82) is 0 Å². The summed E-state index contributed by atoms with van der Waals surface area (Å²) in [6, 6.07) is 8.61. The first-order chi connectivity index (χ1) is 11.2. The molecule has 1 aliphatic rings. The molecule has 1 aromatic rings. The van der Waals surface area contributed by atoms with E-state index in [-0.39, 0.29) is 0 Å². The molecule has 2 rings (SSSR count). The molecule has 1 fully saturated rings. The Morgan fingerprint density at radius 2 is 2.13 bits per heavy atom. The molecule has 23 heavy (non-hydrogen) atoms. The largest absolute Gasteiger partial charge is 0.370 e. The molecule has 4 heteroatoms. The average Bonchev–Trinajstić information content (AvgIpc) is 2.54. The zero-order valence-electron chi connectivity index (χ0n) is 14.7. The number of benzene rings is 1. The standard InChI is InChI=1S/C19H32N4/c1-3-4-11-21-19(20)22-13-17-9-5-6-10-18(17)15-23-12-7-8-16(2)14-23/h5-6,9-10,16H,3-4,7-8,11-15H2,1-2H3,(H3,20,21,22). The van der Waals surface area contributed by atoms with Gasteiger partial charge in [-0.1, -0.05) is 44.5 Å². The third-order valence-electron chi connectivity index (χ3n) is 4.51. The van der Waals surface area contributed by atoms with Gasteiger partial charge in [-0.2, -0.15) is 0 Å². The summed E-state index contributed by atoms with van der Waals surface area (Å²) in [7, 11) is 0. The predicted molar refractivity (Wildman–Crippen MR) is 98.4 cm³/mol. The van der Waals surface area contributed by atoms with E-state index in [1.54, 1.807) is 0 Å². The van der Waals surface area contributed by atoms with Crippen LogP contribution in [0.25, 0.3) is 0 Å². The number of hydrogen-bond donors (Lipinski definition) is 2. The maximum atomic E-state index is 5.94. The van der Waals surface area contributed by atoms with Crippen molar-refractivity contribution in [3.8, 4) is 0 Å². The normalized spacial score (nSPS) is 19.7. The van der Waals surface area contributed by atoms with Crippen molar-refractivity contribution in [3.05, 3.63) is 35.4 Å². The van der Waals surface area contributed by atoms with E-state index < -0.39 is 0 Å². The van der Waals surface area contributed by atoms with Crippen LogP contribution in [0.3, 0.4) is 0 Å². The van der Waals surface area contributed by atoms with Crippen molar-refractivity contribution in [2.45, 2.75) is 52.6 Å². The average molecular weight is 316 g/mol. The molecule has 0 spiro atoms. The van der Waals surface area contributed by atoms with Crippen LogP contribution in [0.5, 0.6) is 0 Å². The summed E-state index contributed by atoms with van der Waals surface area (Å²) < 4.78 is 0. The Morgan fingerprint density at radius 1 is 1.35 bits per heavy atom. The van der Waals surface area contributed by atoms with E-state index in [2.05, 4.69) is 53.3 Å². The molecule has 1 aromatic carbocycles. The summed E-state index contributed by atoms with van der Waals surface area (Å²) >= 11 is 0. The van der Waals surface area contributed by atoms with Crippen molar-refractivity contribution in [2.75, 3.05) is 19.6 Å². The van der Waals surface area contributed by atoms with E-state index in [1.165, 1.54) is 37.1 Å². The fourth-order valence-electron chi connectivity index (χ4n) is 3.16. The molecule has 4 nitrogen and oxygen atoms in total. The Balaban J connectivity index is 1.93. The van der Waals surface area contributed by atoms with Gasteiger partial charge in [0.25, 0.3) is 0 Å². The van der Waals surface area contributed by atoms with Crippen LogP contribution in [-0.4, -0.2) is 30.5 Å². The zero-order valence-corrected chi connectivity index (χ0v) is 14.7. The van der Waals surface area contributed by atoms with Crippen molar-refractivity contribution in [3.63, 3.8) is 0 Å². The summed E-state index contributed by atoms with van der Waals surface area (Å²) in [5, 5.41) is 3.18. The maximum Gasteiger partial charge on any atom is 0.188 e. The number of hydrogen-bond acceptors (Lipinski definition) is 2. The monoisotopic (exact) mass is 316 g/mol. The topological polar surface area (TPSA) is 53.6 Å². The number of piperidine rings is 1. The highest BCUT2D eigenvalue weighted by molar-refractivity contribution is 5.77. The maximum absolute atomic E-state index is 5.94. The quantitative estimate of drug-likeness (QED) is 0.462. The lowest BCUT2D eigenvalue weighted by atomic mass is 9.99. The van der Waals surface area contributed by atoms with Crippen molar-refractivity contribution >= 4 is 5.96 Å². The van der Waals surface area contributed by atoms with Crippen LogP contribution in [0.1, 0.15) is 50.7 Å². The third-order valence-corrected chi connectivity index (χ3v) is 4.51. The van der Waals surface area contributed by atoms with Gasteiger partial charge in [0.1, 0.15) is 0 Å². The smallest absolute Gasteiger partial charge is 0.188 e. The van der Waals surface area contributed by atoms with Crippen molar-refractivity contribution in [1.82, 2.24) is 10.2 Å². The molecule has 128 valence electrons. The fraction of sp³-hybridized carbons (Fsp3) is 0.632. The Kier molecular flexibility index (Phi) is 7.40. The summed E-state index contributed by atoms with van der Waals surface area (Å²) in [4.78, 5) is 7.07. The summed E-state index contributed by atoms with van der Waals surface area (Å²) in [6.07, 6.45) is 4.97. The fourth-order valence-corrected chi connectivity index (χ4v) is 3.16. The lowest BCUT2D eigenvalue weighted by Gasteiger charge is -2.31. The lowest BCUT2D eigenvalue weighted by Crippen LogP contribution is -2.34.